The lowest BCUT2D eigenvalue weighted by molar-refractivity contribution is -0.152. The van der Waals surface area contributed by atoms with Gasteiger partial charge in [0.2, 0.25) is 0 Å². The average Bonchev–Trinajstić information content (AvgIpc) is 2.19. The van der Waals surface area contributed by atoms with Crippen LogP contribution in [-0.2, 0) is 0 Å². The van der Waals surface area contributed by atoms with Gasteiger partial charge in [-0.25, -0.2) is 0 Å². The summed E-state index contributed by atoms with van der Waals surface area (Å²) in [6.07, 6.45) is 14.6. The largest absolute Gasteiger partial charge is 0.271 e. The van der Waals surface area contributed by atoms with E-state index in [0.717, 1.165) is 11.8 Å². The summed E-state index contributed by atoms with van der Waals surface area (Å²) in [7, 11) is 0. The second kappa shape index (κ2) is 4.23. The molecule has 2 nitrogen and oxygen atoms in total. The number of nitrogens with one attached hydrogen (secondary N) is 1. The average molecular weight is 276 g/mol. The molecule has 0 saturated heterocycles. The third-order valence-electron chi connectivity index (χ3n) is 7.33. The molecule has 0 radical (unpaired) electrons. The minimum Gasteiger partial charge on any atom is -0.271 e. The Morgan fingerprint density at radius 2 is 1.70 bits per heavy atom. The molecule has 3 unspecified atom stereocenters. The van der Waals surface area contributed by atoms with E-state index >= 15 is 0 Å². The Hall–Kier alpha value is -0.0800. The molecule has 0 amide bonds. The molecule has 3 atom stereocenters. The summed E-state index contributed by atoms with van der Waals surface area (Å²) >= 11 is 0. The fourth-order valence-electron chi connectivity index (χ4n) is 7.58. The molecule has 0 aromatic heterocycles. The number of hydrazine groups is 1. The van der Waals surface area contributed by atoms with Gasteiger partial charge in [0.25, 0.3) is 0 Å². The lowest BCUT2D eigenvalue weighted by Crippen LogP contribution is -2.57. The predicted octanol–water partition coefficient (Wildman–Crippen LogP) is 4.01. The highest BCUT2D eigenvalue weighted by atomic mass is 15.2. The van der Waals surface area contributed by atoms with Crippen molar-refractivity contribution in [3.05, 3.63) is 0 Å². The van der Waals surface area contributed by atoms with Gasteiger partial charge in [0.15, 0.2) is 0 Å². The van der Waals surface area contributed by atoms with Crippen LogP contribution in [0.25, 0.3) is 0 Å². The van der Waals surface area contributed by atoms with Crippen LogP contribution in [0.5, 0.6) is 0 Å². The van der Waals surface area contributed by atoms with Gasteiger partial charge in [-0.2, -0.15) is 0 Å². The third kappa shape index (κ3) is 2.06. The Bertz CT molecular complexity index is 382. The van der Waals surface area contributed by atoms with Crippen molar-refractivity contribution in [2.75, 3.05) is 0 Å². The third-order valence-corrected chi connectivity index (χ3v) is 7.33. The monoisotopic (exact) mass is 276 g/mol. The second-order valence-corrected chi connectivity index (χ2v) is 9.80. The van der Waals surface area contributed by atoms with E-state index in [2.05, 4.69) is 19.3 Å². The summed E-state index contributed by atoms with van der Waals surface area (Å²) in [4.78, 5) is 0. The Kier molecular flexibility index (Phi) is 2.87. The van der Waals surface area contributed by atoms with E-state index < -0.39 is 0 Å². The molecule has 3 N–H and O–H groups in total. The number of hydrogen-bond acceptors (Lipinski definition) is 2. The van der Waals surface area contributed by atoms with Crippen LogP contribution in [0, 0.1) is 28.1 Å². The highest BCUT2D eigenvalue weighted by Crippen LogP contribution is 2.70. The van der Waals surface area contributed by atoms with Crippen LogP contribution in [0.3, 0.4) is 0 Å². The van der Waals surface area contributed by atoms with E-state index in [9.17, 15) is 0 Å². The topological polar surface area (TPSA) is 38.0 Å². The normalized spacial score (nSPS) is 52.0. The summed E-state index contributed by atoms with van der Waals surface area (Å²) in [6.45, 7) is 5.16. The standard InChI is InChI=1S/C18H32N2/c1-16-6-13-7-17(2,10-16)12-18(8-13,11-16)9-15(20-19)14-4-3-5-14/h13-15,20H,3-12,19H2,1-2H3. The Balaban J connectivity index is 1.57. The molecule has 0 spiro atoms. The number of hydrogen-bond donors (Lipinski definition) is 2. The molecular formula is C18H32N2. The quantitative estimate of drug-likeness (QED) is 0.601. The van der Waals surface area contributed by atoms with Gasteiger partial charge in [0.1, 0.15) is 0 Å². The lowest BCUT2D eigenvalue weighted by Gasteiger charge is -2.66. The van der Waals surface area contributed by atoms with Crippen molar-refractivity contribution in [1.82, 2.24) is 5.43 Å². The molecular weight excluding hydrogens is 244 g/mol. The molecule has 0 aliphatic heterocycles. The molecule has 5 fully saturated rings. The summed E-state index contributed by atoms with van der Waals surface area (Å²) in [5.41, 5.74) is 5.12. The van der Waals surface area contributed by atoms with Gasteiger partial charge in [-0.15, -0.1) is 0 Å². The van der Waals surface area contributed by atoms with Crippen LogP contribution >= 0.6 is 0 Å². The molecule has 114 valence electrons. The first-order valence-electron chi connectivity index (χ1n) is 8.90. The highest BCUT2D eigenvalue weighted by Gasteiger charge is 2.60. The smallest absolute Gasteiger partial charge is 0.0244 e. The van der Waals surface area contributed by atoms with Crippen molar-refractivity contribution in [1.29, 1.82) is 0 Å². The van der Waals surface area contributed by atoms with E-state index in [-0.39, 0.29) is 0 Å². The molecule has 5 aliphatic carbocycles. The maximum absolute atomic E-state index is 5.93. The first-order valence-corrected chi connectivity index (χ1v) is 8.90. The van der Waals surface area contributed by atoms with Gasteiger partial charge >= 0.3 is 0 Å². The zero-order valence-electron chi connectivity index (χ0n) is 13.4. The molecule has 0 heterocycles. The molecule has 5 rings (SSSR count). The number of rotatable bonds is 4. The second-order valence-electron chi connectivity index (χ2n) is 9.80. The van der Waals surface area contributed by atoms with E-state index in [1.54, 1.807) is 0 Å². The van der Waals surface area contributed by atoms with E-state index in [0.29, 0.717) is 22.3 Å². The minimum atomic E-state index is 0.590. The van der Waals surface area contributed by atoms with Crippen LogP contribution in [-0.4, -0.2) is 6.04 Å². The van der Waals surface area contributed by atoms with E-state index in [1.165, 1.54) is 64.2 Å². The zero-order chi connectivity index (χ0) is 14.0. The maximum Gasteiger partial charge on any atom is 0.0244 e. The van der Waals surface area contributed by atoms with Crippen LogP contribution in [0.15, 0.2) is 0 Å². The van der Waals surface area contributed by atoms with Gasteiger partial charge in [0.05, 0.1) is 0 Å². The minimum absolute atomic E-state index is 0.590. The molecule has 5 saturated carbocycles. The van der Waals surface area contributed by atoms with Crippen LogP contribution in [0.4, 0.5) is 0 Å². The van der Waals surface area contributed by atoms with Crippen molar-refractivity contribution in [2.24, 2.45) is 33.9 Å². The van der Waals surface area contributed by atoms with Crippen molar-refractivity contribution in [3.63, 3.8) is 0 Å². The Morgan fingerprint density at radius 3 is 2.15 bits per heavy atom. The van der Waals surface area contributed by atoms with Gasteiger partial charge < -0.3 is 0 Å². The van der Waals surface area contributed by atoms with Crippen LogP contribution < -0.4 is 11.3 Å². The maximum atomic E-state index is 5.93. The summed E-state index contributed by atoms with van der Waals surface area (Å²) in [5, 5.41) is 0. The van der Waals surface area contributed by atoms with Gasteiger partial charge in [-0.3, -0.25) is 11.3 Å². The summed E-state index contributed by atoms with van der Waals surface area (Å²) in [5.74, 6) is 7.81. The molecule has 20 heavy (non-hydrogen) atoms. The van der Waals surface area contributed by atoms with Crippen molar-refractivity contribution >= 4 is 0 Å². The first-order chi connectivity index (χ1) is 9.43. The predicted molar refractivity (Wildman–Crippen MR) is 82.9 cm³/mol. The Labute approximate surface area is 124 Å². The van der Waals surface area contributed by atoms with Gasteiger partial charge in [0, 0.05) is 6.04 Å². The van der Waals surface area contributed by atoms with Gasteiger partial charge in [-0.1, -0.05) is 20.3 Å². The van der Waals surface area contributed by atoms with Gasteiger partial charge in [-0.05, 0) is 85.9 Å². The molecule has 0 aromatic carbocycles. The van der Waals surface area contributed by atoms with Crippen molar-refractivity contribution in [2.45, 2.75) is 84.1 Å². The van der Waals surface area contributed by atoms with E-state index in [4.69, 9.17) is 5.84 Å². The van der Waals surface area contributed by atoms with Crippen molar-refractivity contribution in [3.8, 4) is 0 Å². The van der Waals surface area contributed by atoms with Crippen LogP contribution in [0.1, 0.15) is 78.1 Å². The van der Waals surface area contributed by atoms with Crippen molar-refractivity contribution < 1.29 is 0 Å². The lowest BCUT2D eigenvalue weighted by atomic mass is 9.39. The van der Waals surface area contributed by atoms with Crippen LogP contribution in [0.2, 0.25) is 0 Å². The Morgan fingerprint density at radius 1 is 1.05 bits per heavy atom. The number of nitrogens with two attached hydrogens (primary N) is 1. The molecule has 0 aromatic rings. The highest BCUT2D eigenvalue weighted by molar-refractivity contribution is 5.11. The fourth-order valence-corrected chi connectivity index (χ4v) is 7.58. The molecule has 5 aliphatic rings. The SMILES string of the molecule is CC12CC3CC(C)(C1)CC(CC(NN)C1CCC1)(C3)C2. The first kappa shape index (κ1) is 13.6. The van der Waals surface area contributed by atoms with E-state index in [1.807, 2.05) is 0 Å². The molecule has 2 heteroatoms. The summed E-state index contributed by atoms with van der Waals surface area (Å²) < 4.78 is 0. The molecule has 4 bridgehead atoms. The fraction of sp³-hybridized carbons (Fsp3) is 1.00. The summed E-state index contributed by atoms with van der Waals surface area (Å²) in [6, 6.07) is 0.590. The zero-order valence-corrected chi connectivity index (χ0v) is 13.4.